The topological polar surface area (TPSA) is 40.1 Å². The number of rotatable bonds is 4. The molecule has 0 spiro atoms. The minimum atomic E-state index is 0. The van der Waals surface area contributed by atoms with Crippen LogP contribution in [-0.4, -0.2) is 74.3 Å². The van der Waals surface area contributed by atoms with Gasteiger partial charge in [0.05, 0.1) is 13.2 Å². The highest BCUT2D eigenvalue weighted by atomic mass is 127. The van der Waals surface area contributed by atoms with Crippen LogP contribution in [0.4, 0.5) is 0 Å². The molecule has 0 bridgehead atoms. The Morgan fingerprint density at radius 3 is 2.68 bits per heavy atom. The average molecular weight is 464 g/mol. The molecule has 0 aromatic heterocycles. The molecule has 146 valence electrons. The summed E-state index contributed by atoms with van der Waals surface area (Å²) in [6.07, 6.45) is 6.78. The molecule has 0 amide bonds. The first-order chi connectivity index (χ1) is 11.8. The van der Waals surface area contributed by atoms with E-state index in [1.54, 1.807) is 0 Å². The zero-order valence-corrected chi connectivity index (χ0v) is 18.4. The number of hydrogen-bond donors (Lipinski definition) is 1. The highest BCUT2D eigenvalue weighted by Gasteiger charge is 2.30. The second-order valence-corrected chi connectivity index (χ2v) is 7.87. The summed E-state index contributed by atoms with van der Waals surface area (Å²) in [6.45, 7) is 12.8. The van der Waals surface area contributed by atoms with Crippen molar-refractivity contribution in [2.75, 3.05) is 52.5 Å². The summed E-state index contributed by atoms with van der Waals surface area (Å²) in [6, 6.07) is 0.674. The molecule has 6 heteroatoms. The summed E-state index contributed by atoms with van der Waals surface area (Å²) < 4.78 is 5.50. The molecule has 3 aliphatic rings. The number of morpholine rings is 1. The van der Waals surface area contributed by atoms with Crippen LogP contribution in [0.25, 0.3) is 0 Å². The molecule has 3 atom stereocenters. The Bertz CT molecular complexity index is 414. The van der Waals surface area contributed by atoms with E-state index in [9.17, 15) is 0 Å². The molecule has 2 saturated heterocycles. The summed E-state index contributed by atoms with van der Waals surface area (Å²) in [5, 5.41) is 3.53. The molecule has 0 aromatic rings. The van der Waals surface area contributed by atoms with Gasteiger partial charge in [-0.3, -0.25) is 9.89 Å². The first-order valence-corrected chi connectivity index (χ1v) is 10.1. The third kappa shape index (κ3) is 6.24. The highest BCUT2D eigenvalue weighted by molar-refractivity contribution is 14.0. The van der Waals surface area contributed by atoms with E-state index in [1.165, 1.54) is 32.1 Å². The molecule has 1 saturated carbocycles. The van der Waals surface area contributed by atoms with Crippen molar-refractivity contribution in [2.45, 2.75) is 52.0 Å². The Morgan fingerprint density at radius 1 is 1.16 bits per heavy atom. The summed E-state index contributed by atoms with van der Waals surface area (Å²) in [5.41, 5.74) is 0. The first kappa shape index (κ1) is 21.2. The third-order valence-electron chi connectivity index (χ3n) is 5.90. The average Bonchev–Trinajstić information content (AvgIpc) is 3.09. The van der Waals surface area contributed by atoms with Gasteiger partial charge in [-0.05, 0) is 38.0 Å². The maximum Gasteiger partial charge on any atom is 0.193 e. The third-order valence-corrected chi connectivity index (χ3v) is 5.90. The van der Waals surface area contributed by atoms with Gasteiger partial charge in [0, 0.05) is 45.3 Å². The molecule has 3 unspecified atom stereocenters. The number of hydrogen-bond acceptors (Lipinski definition) is 3. The largest absolute Gasteiger partial charge is 0.379 e. The van der Waals surface area contributed by atoms with E-state index in [2.05, 4.69) is 29.0 Å². The van der Waals surface area contributed by atoms with Gasteiger partial charge in [-0.15, -0.1) is 24.0 Å². The number of nitrogens with zero attached hydrogens (tertiary/aromatic N) is 3. The van der Waals surface area contributed by atoms with Crippen LogP contribution in [0.3, 0.4) is 0 Å². The molecule has 1 N–H and O–H groups in total. The maximum atomic E-state index is 5.50. The Kier molecular flexibility index (Phi) is 9.27. The Labute approximate surface area is 171 Å². The normalized spacial score (nSPS) is 31.7. The van der Waals surface area contributed by atoms with Gasteiger partial charge in [-0.1, -0.05) is 19.8 Å². The molecule has 2 aliphatic heterocycles. The van der Waals surface area contributed by atoms with E-state index in [0.29, 0.717) is 6.04 Å². The smallest absolute Gasteiger partial charge is 0.193 e. The Balaban J connectivity index is 0.00000225. The standard InChI is InChI=1S/C19H36N4O.HI/c1-3-20-19(21-14-17-6-4-5-16(2)13-17)23-8-7-18(15-23)22-9-11-24-12-10-22;/h16-18H,3-15H2,1-2H3,(H,20,21);1H. The molecular weight excluding hydrogens is 427 g/mol. The van der Waals surface area contributed by atoms with E-state index in [1.807, 2.05) is 0 Å². The van der Waals surface area contributed by atoms with E-state index >= 15 is 0 Å². The van der Waals surface area contributed by atoms with Crippen LogP contribution >= 0.6 is 24.0 Å². The van der Waals surface area contributed by atoms with E-state index in [0.717, 1.165) is 70.3 Å². The van der Waals surface area contributed by atoms with Gasteiger partial charge in [0.2, 0.25) is 0 Å². The van der Waals surface area contributed by atoms with Gasteiger partial charge in [-0.2, -0.15) is 0 Å². The van der Waals surface area contributed by atoms with Crippen molar-refractivity contribution >= 4 is 29.9 Å². The fraction of sp³-hybridized carbons (Fsp3) is 0.947. The zero-order valence-electron chi connectivity index (χ0n) is 16.1. The summed E-state index contributed by atoms with van der Waals surface area (Å²) in [7, 11) is 0. The quantitative estimate of drug-likeness (QED) is 0.395. The van der Waals surface area contributed by atoms with Crippen molar-refractivity contribution in [1.82, 2.24) is 15.1 Å². The number of likely N-dealkylation sites (tertiary alicyclic amines) is 1. The first-order valence-electron chi connectivity index (χ1n) is 10.1. The van der Waals surface area contributed by atoms with Crippen molar-refractivity contribution in [3.05, 3.63) is 0 Å². The SMILES string of the molecule is CCNC(=NCC1CCCC(C)C1)N1CCC(N2CCOCC2)C1.I. The molecule has 2 heterocycles. The van der Waals surface area contributed by atoms with Gasteiger partial charge in [0.25, 0.3) is 0 Å². The molecule has 5 nitrogen and oxygen atoms in total. The molecule has 25 heavy (non-hydrogen) atoms. The van der Waals surface area contributed by atoms with Gasteiger partial charge in [0.15, 0.2) is 5.96 Å². The minimum absolute atomic E-state index is 0. The number of nitrogens with one attached hydrogen (secondary N) is 1. The fourth-order valence-electron chi connectivity index (χ4n) is 4.54. The second kappa shape index (κ2) is 10.9. The van der Waals surface area contributed by atoms with E-state index in [-0.39, 0.29) is 24.0 Å². The van der Waals surface area contributed by atoms with Gasteiger partial charge >= 0.3 is 0 Å². The van der Waals surface area contributed by atoms with Crippen LogP contribution in [0.2, 0.25) is 0 Å². The van der Waals surface area contributed by atoms with Crippen LogP contribution < -0.4 is 5.32 Å². The van der Waals surface area contributed by atoms with Crippen LogP contribution in [0.1, 0.15) is 46.0 Å². The van der Waals surface area contributed by atoms with Crippen LogP contribution in [0.15, 0.2) is 4.99 Å². The minimum Gasteiger partial charge on any atom is -0.379 e. The van der Waals surface area contributed by atoms with Gasteiger partial charge in [-0.25, -0.2) is 0 Å². The second-order valence-electron chi connectivity index (χ2n) is 7.87. The number of ether oxygens (including phenoxy) is 1. The number of aliphatic imine (C=N–C) groups is 1. The van der Waals surface area contributed by atoms with Crippen molar-refractivity contribution in [1.29, 1.82) is 0 Å². The lowest BCUT2D eigenvalue weighted by Gasteiger charge is -2.32. The molecule has 3 rings (SSSR count). The predicted molar refractivity (Wildman–Crippen MR) is 115 cm³/mol. The maximum absolute atomic E-state index is 5.50. The van der Waals surface area contributed by atoms with Crippen molar-refractivity contribution in [3.8, 4) is 0 Å². The lowest BCUT2D eigenvalue weighted by molar-refractivity contribution is 0.0195. The Hall–Kier alpha value is -0.0800. The zero-order chi connectivity index (χ0) is 16.8. The number of halogens is 1. The lowest BCUT2D eigenvalue weighted by Crippen LogP contribution is -2.46. The monoisotopic (exact) mass is 464 g/mol. The van der Waals surface area contributed by atoms with E-state index < -0.39 is 0 Å². The lowest BCUT2D eigenvalue weighted by atomic mass is 9.82. The summed E-state index contributed by atoms with van der Waals surface area (Å²) >= 11 is 0. The number of guanidine groups is 1. The molecule has 0 aromatic carbocycles. The van der Waals surface area contributed by atoms with Crippen LogP contribution in [0, 0.1) is 11.8 Å². The fourth-order valence-corrected chi connectivity index (χ4v) is 4.54. The molecule has 0 radical (unpaired) electrons. The van der Waals surface area contributed by atoms with Crippen molar-refractivity contribution in [3.63, 3.8) is 0 Å². The molecular formula is C19H37IN4O. The molecule has 3 fully saturated rings. The summed E-state index contributed by atoms with van der Waals surface area (Å²) in [5.74, 6) is 2.82. The van der Waals surface area contributed by atoms with Gasteiger partial charge < -0.3 is 15.0 Å². The van der Waals surface area contributed by atoms with Crippen LogP contribution in [0.5, 0.6) is 0 Å². The highest BCUT2D eigenvalue weighted by Crippen LogP contribution is 2.28. The molecule has 1 aliphatic carbocycles. The predicted octanol–water partition coefficient (Wildman–Crippen LogP) is 2.80. The summed E-state index contributed by atoms with van der Waals surface area (Å²) in [4.78, 5) is 10.1. The van der Waals surface area contributed by atoms with Crippen molar-refractivity contribution < 1.29 is 4.74 Å². The Morgan fingerprint density at radius 2 is 1.96 bits per heavy atom. The van der Waals surface area contributed by atoms with Crippen molar-refractivity contribution in [2.24, 2.45) is 16.8 Å². The van der Waals surface area contributed by atoms with Gasteiger partial charge in [0.1, 0.15) is 0 Å². The van der Waals surface area contributed by atoms with Crippen LogP contribution in [-0.2, 0) is 4.74 Å². The van der Waals surface area contributed by atoms with E-state index in [4.69, 9.17) is 9.73 Å².